The smallest absolute Gasteiger partial charge is 0.269 e. The molecule has 0 aliphatic carbocycles. The number of rotatable bonds is 7. The summed E-state index contributed by atoms with van der Waals surface area (Å²) in [5.41, 5.74) is 7.03. The number of carbonyl (C=O) groups is 2. The van der Waals surface area contributed by atoms with E-state index in [1.165, 1.54) is 41.7 Å². The number of aryl methyl sites for hydroxylation is 1. The third kappa shape index (κ3) is 6.47. The molecule has 0 saturated carbocycles. The van der Waals surface area contributed by atoms with Crippen LogP contribution in [0.3, 0.4) is 0 Å². The van der Waals surface area contributed by atoms with E-state index in [-0.39, 0.29) is 23.4 Å². The van der Waals surface area contributed by atoms with Gasteiger partial charge in [-0.1, -0.05) is 42.0 Å². The molecule has 0 saturated heterocycles. The molecule has 0 fully saturated rings. The van der Waals surface area contributed by atoms with Crippen LogP contribution < -0.4 is 10.9 Å². The molecule has 2 amide bonds. The molecule has 33 heavy (non-hydrogen) atoms. The summed E-state index contributed by atoms with van der Waals surface area (Å²) in [6.07, 6.45) is -0.0846. The van der Waals surface area contributed by atoms with E-state index in [9.17, 15) is 22.4 Å². The van der Waals surface area contributed by atoms with Crippen molar-refractivity contribution in [3.63, 3.8) is 0 Å². The number of nitrogens with one attached hydrogen (secondary N) is 2. The van der Waals surface area contributed by atoms with Gasteiger partial charge < -0.3 is 0 Å². The van der Waals surface area contributed by atoms with E-state index in [4.69, 9.17) is 0 Å². The Labute approximate surface area is 192 Å². The SMILES string of the molecule is Cc1ccc(S(=O)(=O)N(C)Cc2ccc(C(=O)NNC(=O)Cc3cccc(F)c3)cc2)cc1. The van der Waals surface area contributed by atoms with Crippen LogP contribution in [0, 0.1) is 12.7 Å². The van der Waals surface area contributed by atoms with E-state index in [0.29, 0.717) is 11.1 Å². The van der Waals surface area contributed by atoms with Gasteiger partial charge in [0.25, 0.3) is 5.91 Å². The number of amides is 2. The van der Waals surface area contributed by atoms with Crippen molar-refractivity contribution in [3.8, 4) is 0 Å². The topological polar surface area (TPSA) is 95.6 Å². The molecule has 0 spiro atoms. The lowest BCUT2D eigenvalue weighted by molar-refractivity contribution is -0.121. The molecule has 7 nitrogen and oxygen atoms in total. The van der Waals surface area contributed by atoms with Crippen molar-refractivity contribution in [3.05, 3.63) is 101 Å². The summed E-state index contributed by atoms with van der Waals surface area (Å²) in [6, 6.07) is 18.6. The average Bonchev–Trinajstić information content (AvgIpc) is 2.78. The minimum absolute atomic E-state index is 0.0846. The summed E-state index contributed by atoms with van der Waals surface area (Å²) in [7, 11) is -2.15. The van der Waals surface area contributed by atoms with Crippen molar-refractivity contribution in [1.82, 2.24) is 15.2 Å². The van der Waals surface area contributed by atoms with Gasteiger partial charge in [0.05, 0.1) is 11.3 Å². The maximum absolute atomic E-state index is 13.2. The van der Waals surface area contributed by atoms with Crippen molar-refractivity contribution in [2.24, 2.45) is 0 Å². The molecule has 2 N–H and O–H groups in total. The van der Waals surface area contributed by atoms with Crippen LogP contribution in [0.25, 0.3) is 0 Å². The van der Waals surface area contributed by atoms with E-state index in [0.717, 1.165) is 5.56 Å². The van der Waals surface area contributed by atoms with Gasteiger partial charge in [-0.2, -0.15) is 4.31 Å². The number of sulfonamides is 1. The summed E-state index contributed by atoms with van der Waals surface area (Å²) in [5.74, 6) is -1.47. The summed E-state index contributed by atoms with van der Waals surface area (Å²) >= 11 is 0. The standard InChI is InChI=1S/C24H24FN3O4S/c1-17-6-12-22(13-7-17)33(31,32)28(2)16-18-8-10-20(11-9-18)24(30)27-26-23(29)15-19-4-3-5-21(25)14-19/h3-14H,15-16H2,1-2H3,(H,26,29)(H,27,30). The van der Waals surface area contributed by atoms with Gasteiger partial charge in [0.1, 0.15) is 5.82 Å². The van der Waals surface area contributed by atoms with Gasteiger partial charge >= 0.3 is 0 Å². The number of benzene rings is 3. The highest BCUT2D eigenvalue weighted by Gasteiger charge is 2.20. The molecule has 0 aliphatic heterocycles. The fraction of sp³-hybridized carbons (Fsp3) is 0.167. The van der Waals surface area contributed by atoms with Crippen molar-refractivity contribution >= 4 is 21.8 Å². The van der Waals surface area contributed by atoms with Crippen LogP contribution in [0.1, 0.15) is 27.0 Å². The quantitative estimate of drug-likeness (QED) is 0.520. The van der Waals surface area contributed by atoms with Crippen molar-refractivity contribution in [1.29, 1.82) is 0 Å². The lowest BCUT2D eigenvalue weighted by Gasteiger charge is -2.17. The molecule has 3 rings (SSSR count). The first kappa shape index (κ1) is 24.1. The Bertz CT molecular complexity index is 1240. The van der Waals surface area contributed by atoms with Crippen molar-refractivity contribution in [2.45, 2.75) is 24.8 Å². The third-order valence-corrected chi connectivity index (χ3v) is 6.74. The third-order valence-electron chi connectivity index (χ3n) is 4.92. The molecule has 0 unspecified atom stereocenters. The van der Waals surface area contributed by atoms with Crippen LogP contribution in [-0.4, -0.2) is 31.6 Å². The van der Waals surface area contributed by atoms with Gasteiger partial charge in [-0.3, -0.25) is 20.4 Å². The zero-order chi connectivity index (χ0) is 24.0. The summed E-state index contributed by atoms with van der Waals surface area (Å²) in [5, 5.41) is 0. The Kier molecular flexibility index (Phi) is 7.57. The van der Waals surface area contributed by atoms with E-state index in [1.54, 1.807) is 42.5 Å². The van der Waals surface area contributed by atoms with Gasteiger partial charge in [-0.15, -0.1) is 0 Å². The molecule has 0 aromatic heterocycles. The zero-order valence-electron chi connectivity index (χ0n) is 18.2. The Hall–Kier alpha value is -3.56. The molecular formula is C24H24FN3O4S. The van der Waals surface area contributed by atoms with Crippen LogP contribution in [0.15, 0.2) is 77.7 Å². The van der Waals surface area contributed by atoms with Gasteiger partial charge in [-0.05, 0) is 54.4 Å². The fourth-order valence-electron chi connectivity index (χ4n) is 3.07. The first-order valence-corrected chi connectivity index (χ1v) is 11.5. The molecule has 0 bridgehead atoms. The fourth-order valence-corrected chi connectivity index (χ4v) is 4.23. The second kappa shape index (κ2) is 10.4. The first-order valence-electron chi connectivity index (χ1n) is 10.1. The zero-order valence-corrected chi connectivity index (χ0v) is 19.0. The minimum Gasteiger partial charge on any atom is -0.273 e. The lowest BCUT2D eigenvalue weighted by Crippen LogP contribution is -2.42. The number of hydrazine groups is 1. The Morgan fingerprint density at radius 2 is 1.58 bits per heavy atom. The highest BCUT2D eigenvalue weighted by Crippen LogP contribution is 2.17. The van der Waals surface area contributed by atoms with Crippen LogP contribution in [-0.2, 0) is 27.8 Å². The molecule has 172 valence electrons. The van der Waals surface area contributed by atoms with E-state index < -0.39 is 27.7 Å². The van der Waals surface area contributed by atoms with Crippen LogP contribution >= 0.6 is 0 Å². The largest absolute Gasteiger partial charge is 0.273 e. The monoisotopic (exact) mass is 469 g/mol. The summed E-state index contributed by atoms with van der Waals surface area (Å²) in [6.45, 7) is 2.01. The Morgan fingerprint density at radius 3 is 2.21 bits per heavy atom. The highest BCUT2D eigenvalue weighted by atomic mass is 32.2. The number of halogens is 1. The van der Waals surface area contributed by atoms with Gasteiger partial charge in [0, 0.05) is 19.2 Å². The molecule has 0 radical (unpaired) electrons. The highest BCUT2D eigenvalue weighted by molar-refractivity contribution is 7.89. The molecule has 3 aromatic carbocycles. The lowest BCUT2D eigenvalue weighted by atomic mass is 10.1. The van der Waals surface area contributed by atoms with Gasteiger partial charge in [-0.25, -0.2) is 12.8 Å². The van der Waals surface area contributed by atoms with E-state index in [2.05, 4.69) is 10.9 Å². The predicted octanol–water partition coefficient (Wildman–Crippen LogP) is 2.96. The van der Waals surface area contributed by atoms with Crippen LogP contribution in [0.4, 0.5) is 4.39 Å². The Morgan fingerprint density at radius 1 is 0.909 bits per heavy atom. The molecule has 0 atom stereocenters. The van der Waals surface area contributed by atoms with Crippen molar-refractivity contribution < 1.29 is 22.4 Å². The van der Waals surface area contributed by atoms with Crippen molar-refractivity contribution in [2.75, 3.05) is 7.05 Å². The molecular weight excluding hydrogens is 445 g/mol. The molecule has 3 aromatic rings. The average molecular weight is 470 g/mol. The van der Waals surface area contributed by atoms with Crippen LogP contribution in [0.5, 0.6) is 0 Å². The maximum atomic E-state index is 13.2. The van der Waals surface area contributed by atoms with Gasteiger partial charge in [0.15, 0.2) is 0 Å². The van der Waals surface area contributed by atoms with E-state index >= 15 is 0 Å². The van der Waals surface area contributed by atoms with E-state index in [1.807, 2.05) is 6.92 Å². The maximum Gasteiger partial charge on any atom is 0.269 e. The number of hydrogen-bond donors (Lipinski definition) is 2. The number of hydrogen-bond acceptors (Lipinski definition) is 4. The molecule has 0 heterocycles. The Balaban J connectivity index is 1.55. The first-order chi connectivity index (χ1) is 15.6. The van der Waals surface area contributed by atoms with Crippen LogP contribution in [0.2, 0.25) is 0 Å². The summed E-state index contributed by atoms with van der Waals surface area (Å²) < 4.78 is 39.9. The molecule has 9 heteroatoms. The minimum atomic E-state index is -3.64. The number of carbonyl (C=O) groups excluding carboxylic acids is 2. The van der Waals surface area contributed by atoms with Gasteiger partial charge in [0.2, 0.25) is 15.9 Å². The normalized spacial score (nSPS) is 11.3. The second-order valence-electron chi connectivity index (χ2n) is 7.58. The molecule has 0 aliphatic rings. The predicted molar refractivity (Wildman–Crippen MR) is 122 cm³/mol. The summed E-state index contributed by atoms with van der Waals surface area (Å²) in [4.78, 5) is 24.4. The number of nitrogens with zero attached hydrogens (tertiary/aromatic N) is 1. The second-order valence-corrected chi connectivity index (χ2v) is 9.62.